The second kappa shape index (κ2) is 24.2. The van der Waals surface area contributed by atoms with Gasteiger partial charge in [-0.05, 0) is 231 Å². The summed E-state index contributed by atoms with van der Waals surface area (Å²) in [7, 11) is 0. The van der Waals surface area contributed by atoms with Crippen molar-refractivity contribution in [2.45, 2.75) is 99.3 Å². The minimum absolute atomic E-state index is 0.0242. The fourth-order valence-corrected chi connectivity index (χ4v) is 10.2. The minimum Gasteiger partial charge on any atom is -0.456 e. The van der Waals surface area contributed by atoms with Crippen LogP contribution in [0.1, 0.15) is 95.7 Å². The number of hydrogen-bond acceptors (Lipinski definition) is 6. The molecule has 10 aromatic rings. The lowest BCUT2D eigenvalue weighted by Gasteiger charge is -2.19. The highest BCUT2D eigenvalue weighted by Gasteiger charge is 2.20. The van der Waals surface area contributed by atoms with Gasteiger partial charge in [0.15, 0.2) is 0 Å². The standard InChI is InChI=1S/C75H69Cl3O6/c1-46-37-64(70(76)67(40-46)82-61-31-19-55(20-32-61)73(4,5)6)79-58-25-13-49(14-26-58)52-43-53(50-15-27-59(28-16-50)80-65-38-47(2)41-68(71(65)77)83-62-33-21-56(22-34-62)74(7,8)9)45-54(44-52)51-17-29-60(30-18-51)81-66-39-48(3)42-69(72(66)78)84-63-35-23-57(24-36-63)75(10,11)12/h13-45H,1-12H3. The zero-order valence-corrected chi connectivity index (χ0v) is 51.9. The summed E-state index contributed by atoms with van der Waals surface area (Å²) in [5.41, 5.74) is 12.5. The molecule has 9 heteroatoms. The van der Waals surface area contributed by atoms with Crippen LogP contribution in [0.3, 0.4) is 0 Å². The Bertz CT molecular complexity index is 3540. The number of halogens is 3. The maximum Gasteiger partial charge on any atom is 0.150 e. The van der Waals surface area contributed by atoms with E-state index in [1.807, 2.05) is 130 Å². The van der Waals surface area contributed by atoms with Crippen molar-refractivity contribution in [3.8, 4) is 102 Å². The molecule has 0 spiro atoms. The minimum atomic E-state index is 0.0242. The molecule has 0 aromatic heterocycles. The molecule has 10 rings (SSSR count). The Kier molecular flexibility index (Phi) is 17.0. The highest BCUT2D eigenvalue weighted by atomic mass is 35.5. The maximum atomic E-state index is 7.00. The third-order valence-electron chi connectivity index (χ3n) is 14.5. The summed E-state index contributed by atoms with van der Waals surface area (Å²) in [5.74, 6) is 6.98. The zero-order chi connectivity index (χ0) is 59.7. The van der Waals surface area contributed by atoms with Crippen molar-refractivity contribution in [2.75, 3.05) is 0 Å². The van der Waals surface area contributed by atoms with Gasteiger partial charge in [0.2, 0.25) is 0 Å². The van der Waals surface area contributed by atoms with Gasteiger partial charge in [0.25, 0.3) is 0 Å². The molecule has 84 heavy (non-hydrogen) atoms. The summed E-state index contributed by atoms with van der Waals surface area (Å²) >= 11 is 21.0. The summed E-state index contributed by atoms with van der Waals surface area (Å²) in [4.78, 5) is 0. The smallest absolute Gasteiger partial charge is 0.150 e. The third-order valence-corrected chi connectivity index (χ3v) is 15.6. The Morgan fingerprint density at radius 1 is 0.226 bits per heavy atom. The second-order valence-electron chi connectivity index (χ2n) is 24.5. The van der Waals surface area contributed by atoms with E-state index >= 15 is 0 Å². The van der Waals surface area contributed by atoms with Gasteiger partial charge in [-0.15, -0.1) is 0 Å². The van der Waals surface area contributed by atoms with Gasteiger partial charge in [-0.25, -0.2) is 0 Å². The molecule has 0 aliphatic heterocycles. The van der Waals surface area contributed by atoms with Gasteiger partial charge in [-0.1, -0.05) is 170 Å². The monoisotopic (exact) mass is 1170 g/mol. The van der Waals surface area contributed by atoms with E-state index in [-0.39, 0.29) is 16.2 Å². The molecule has 6 nitrogen and oxygen atoms in total. The molecule has 0 aliphatic carbocycles. The molecule has 0 N–H and O–H groups in total. The first-order valence-electron chi connectivity index (χ1n) is 28.1. The molecule has 0 fully saturated rings. The van der Waals surface area contributed by atoms with Gasteiger partial charge in [-0.3, -0.25) is 0 Å². The van der Waals surface area contributed by atoms with Crippen molar-refractivity contribution in [3.05, 3.63) is 249 Å². The summed E-state index contributed by atoms with van der Waals surface area (Å²) in [6.45, 7) is 25.7. The van der Waals surface area contributed by atoms with E-state index in [4.69, 9.17) is 63.2 Å². The van der Waals surface area contributed by atoms with Crippen LogP contribution in [0, 0.1) is 20.8 Å². The van der Waals surface area contributed by atoms with Crippen LogP contribution in [-0.2, 0) is 16.2 Å². The lowest BCUT2D eigenvalue weighted by molar-refractivity contribution is 0.459. The van der Waals surface area contributed by atoms with Crippen LogP contribution in [0.2, 0.25) is 15.1 Å². The molecule has 0 heterocycles. The Morgan fingerprint density at radius 2 is 0.393 bits per heavy atom. The molecule has 0 amide bonds. The van der Waals surface area contributed by atoms with Crippen molar-refractivity contribution < 1.29 is 28.4 Å². The molecule has 10 aromatic carbocycles. The molecule has 0 radical (unpaired) electrons. The van der Waals surface area contributed by atoms with Crippen LogP contribution >= 0.6 is 34.8 Å². The average molecular weight is 1170 g/mol. The molecule has 0 atom stereocenters. The fraction of sp³-hybridized carbons (Fsp3) is 0.200. The first-order chi connectivity index (χ1) is 39.9. The third kappa shape index (κ3) is 14.3. The van der Waals surface area contributed by atoms with Crippen molar-refractivity contribution in [1.82, 2.24) is 0 Å². The van der Waals surface area contributed by atoms with Crippen LogP contribution < -0.4 is 28.4 Å². The Morgan fingerprint density at radius 3 is 0.560 bits per heavy atom. The molecule has 0 aliphatic rings. The van der Waals surface area contributed by atoms with Crippen molar-refractivity contribution in [3.63, 3.8) is 0 Å². The van der Waals surface area contributed by atoms with Gasteiger partial charge in [0.05, 0.1) is 0 Å². The molecule has 426 valence electrons. The van der Waals surface area contributed by atoms with E-state index in [0.717, 1.165) is 50.1 Å². The Balaban J connectivity index is 0.924. The lowest BCUT2D eigenvalue weighted by Crippen LogP contribution is -2.10. The van der Waals surface area contributed by atoms with E-state index in [2.05, 4.69) is 153 Å². The normalized spacial score (nSPS) is 11.8. The second-order valence-corrected chi connectivity index (χ2v) is 25.7. The quantitative estimate of drug-likeness (QED) is 0.102. The van der Waals surface area contributed by atoms with Crippen LogP contribution in [0.4, 0.5) is 0 Å². The Labute approximate surface area is 510 Å². The zero-order valence-electron chi connectivity index (χ0n) is 49.6. The van der Waals surface area contributed by atoms with Crippen molar-refractivity contribution >= 4 is 34.8 Å². The topological polar surface area (TPSA) is 55.4 Å². The number of rotatable bonds is 15. The van der Waals surface area contributed by atoms with Crippen LogP contribution in [-0.4, -0.2) is 0 Å². The lowest BCUT2D eigenvalue weighted by atomic mass is 9.87. The first kappa shape index (κ1) is 59.0. The molecule has 0 unspecified atom stereocenters. The summed E-state index contributed by atoms with van der Waals surface area (Å²) in [6.07, 6.45) is 0. The van der Waals surface area contributed by atoms with Crippen molar-refractivity contribution in [2.24, 2.45) is 0 Å². The average Bonchev–Trinajstić information content (AvgIpc) is 3.17. The number of ether oxygens (including phenoxy) is 6. The highest BCUT2D eigenvalue weighted by molar-refractivity contribution is 6.34. The molecule has 0 bridgehead atoms. The van der Waals surface area contributed by atoms with Crippen molar-refractivity contribution in [1.29, 1.82) is 0 Å². The first-order valence-corrected chi connectivity index (χ1v) is 29.3. The van der Waals surface area contributed by atoms with E-state index in [0.29, 0.717) is 84.1 Å². The van der Waals surface area contributed by atoms with E-state index in [1.54, 1.807) is 0 Å². The number of hydrogen-bond donors (Lipinski definition) is 0. The van der Waals surface area contributed by atoms with Crippen LogP contribution in [0.5, 0.6) is 69.0 Å². The number of aryl methyl sites for hydroxylation is 3. The van der Waals surface area contributed by atoms with Gasteiger partial charge >= 0.3 is 0 Å². The number of benzene rings is 10. The van der Waals surface area contributed by atoms with E-state index < -0.39 is 0 Å². The highest BCUT2D eigenvalue weighted by Crippen LogP contribution is 2.45. The molecule has 0 saturated heterocycles. The van der Waals surface area contributed by atoms with E-state index in [1.165, 1.54) is 16.7 Å². The molecular formula is C75H69Cl3O6. The SMILES string of the molecule is Cc1cc(Oc2ccc(-c3cc(-c4ccc(Oc5cc(C)cc(Oc6ccc(C(C)(C)C)cc6)c5Cl)cc4)cc(-c4ccc(Oc5cc(C)cc(Oc6ccc(C(C)(C)C)cc6)c5Cl)cc4)c3)cc2)c(Cl)c(Oc2ccc(C(C)(C)C)cc2)c1. The van der Waals surface area contributed by atoms with Gasteiger partial charge < -0.3 is 28.4 Å². The van der Waals surface area contributed by atoms with Crippen LogP contribution in [0.15, 0.2) is 200 Å². The van der Waals surface area contributed by atoms with Crippen LogP contribution in [0.25, 0.3) is 33.4 Å². The van der Waals surface area contributed by atoms with Gasteiger partial charge in [0.1, 0.15) is 84.1 Å². The summed E-state index contributed by atoms with van der Waals surface area (Å²) < 4.78 is 38.4. The summed E-state index contributed by atoms with van der Waals surface area (Å²) in [6, 6.07) is 66.4. The predicted molar refractivity (Wildman–Crippen MR) is 347 cm³/mol. The predicted octanol–water partition coefficient (Wildman–Crippen LogP) is 24.2. The Hall–Kier alpha value is -8.13. The largest absolute Gasteiger partial charge is 0.456 e. The summed E-state index contributed by atoms with van der Waals surface area (Å²) in [5, 5.41) is 1.14. The molecular weight excluding hydrogens is 1100 g/mol. The van der Waals surface area contributed by atoms with E-state index in [9.17, 15) is 0 Å². The maximum absolute atomic E-state index is 7.00. The van der Waals surface area contributed by atoms with Gasteiger partial charge in [-0.2, -0.15) is 0 Å². The fourth-order valence-electron chi connectivity index (χ4n) is 9.66. The molecule has 0 saturated carbocycles. The van der Waals surface area contributed by atoms with Gasteiger partial charge in [0, 0.05) is 0 Å².